The Kier molecular flexibility index (Phi) is 7.81. The Labute approximate surface area is 248 Å². The summed E-state index contributed by atoms with van der Waals surface area (Å²) in [5.41, 5.74) is 2.10. The van der Waals surface area contributed by atoms with Crippen molar-refractivity contribution in [1.82, 2.24) is 24.3 Å². The van der Waals surface area contributed by atoms with Crippen LogP contribution in [0.25, 0.3) is 11.3 Å². The first-order valence-electron chi connectivity index (χ1n) is 12.7. The highest BCUT2D eigenvalue weighted by atomic mass is 35.5. The molecule has 0 spiro atoms. The van der Waals surface area contributed by atoms with E-state index in [9.17, 15) is 9.59 Å². The van der Waals surface area contributed by atoms with E-state index in [1.165, 1.54) is 41.0 Å². The van der Waals surface area contributed by atoms with Crippen LogP contribution in [0.3, 0.4) is 0 Å². The Morgan fingerprint density at radius 2 is 1.98 bits per heavy atom. The van der Waals surface area contributed by atoms with Crippen LogP contribution < -0.4 is 10.9 Å². The molecular formula is C30H21ClN6O4S. The van der Waals surface area contributed by atoms with Crippen LogP contribution >= 0.6 is 22.9 Å². The molecule has 1 aromatic carbocycles. The van der Waals surface area contributed by atoms with Crippen LogP contribution in [0.4, 0.5) is 5.82 Å². The topological polar surface area (TPSA) is 121 Å². The molecule has 0 aliphatic heterocycles. The number of rotatable bonds is 8. The lowest BCUT2D eigenvalue weighted by Crippen LogP contribution is -2.21. The molecule has 0 aliphatic carbocycles. The number of hydrogen-bond acceptors (Lipinski definition) is 9. The summed E-state index contributed by atoms with van der Waals surface area (Å²) in [5, 5.41) is 7.91. The highest BCUT2D eigenvalue weighted by molar-refractivity contribution is 7.16. The fourth-order valence-electron chi connectivity index (χ4n) is 4.15. The van der Waals surface area contributed by atoms with E-state index in [0.717, 1.165) is 10.4 Å². The molecule has 0 saturated carbocycles. The summed E-state index contributed by atoms with van der Waals surface area (Å²) in [5.74, 6) is 6.68. The molecule has 0 aliphatic rings. The van der Waals surface area contributed by atoms with Crippen molar-refractivity contribution in [3.8, 4) is 23.1 Å². The third-order valence-electron chi connectivity index (χ3n) is 6.19. The van der Waals surface area contributed by atoms with Gasteiger partial charge in [0.15, 0.2) is 18.0 Å². The Balaban J connectivity index is 1.43. The summed E-state index contributed by atoms with van der Waals surface area (Å²) in [7, 11) is 0. The summed E-state index contributed by atoms with van der Waals surface area (Å²) in [6.07, 6.45) is 7.59. The number of benzene rings is 1. The Bertz CT molecular complexity index is 1950. The molecular weight excluding hydrogens is 576 g/mol. The lowest BCUT2D eigenvalue weighted by atomic mass is 10.1. The van der Waals surface area contributed by atoms with E-state index >= 15 is 0 Å². The van der Waals surface area contributed by atoms with Gasteiger partial charge in [-0.2, -0.15) is 9.78 Å². The van der Waals surface area contributed by atoms with E-state index in [4.69, 9.17) is 20.4 Å². The minimum Gasteiger partial charge on any atom is -0.451 e. The third-order valence-corrected chi connectivity index (χ3v) is 7.42. The standard InChI is InChI=1S/C30H21ClN6O4S/c31-26-9-8-22(42-26)16-33-27-15-24(35-37(27)30(39)25-18-40-19-34-25)23-17-36(12-10-28-32-11-13-41-28)29(38)14-21(23)7-6-20-4-2-1-3-5-20/h1-5,8-9,11,13-15,17-19,33H,10,12,16H2. The predicted octanol–water partition coefficient (Wildman–Crippen LogP) is 5.35. The van der Waals surface area contributed by atoms with Gasteiger partial charge in [0.2, 0.25) is 0 Å². The van der Waals surface area contributed by atoms with Gasteiger partial charge in [-0.1, -0.05) is 41.6 Å². The number of oxazole rings is 2. The van der Waals surface area contributed by atoms with Gasteiger partial charge in [0, 0.05) is 52.9 Å². The second kappa shape index (κ2) is 12.1. The maximum atomic E-state index is 13.4. The van der Waals surface area contributed by atoms with Crippen LogP contribution in [0.15, 0.2) is 99.5 Å². The maximum absolute atomic E-state index is 13.4. The van der Waals surface area contributed by atoms with Gasteiger partial charge in [-0.05, 0) is 24.3 Å². The van der Waals surface area contributed by atoms with Gasteiger partial charge in [0.25, 0.3) is 5.56 Å². The zero-order valence-corrected chi connectivity index (χ0v) is 23.4. The molecule has 6 aromatic rings. The minimum atomic E-state index is -0.490. The van der Waals surface area contributed by atoms with Crippen LogP contribution in [0.1, 0.15) is 32.4 Å². The summed E-state index contributed by atoms with van der Waals surface area (Å²) >= 11 is 7.53. The van der Waals surface area contributed by atoms with E-state index in [2.05, 4.69) is 32.2 Å². The molecule has 1 N–H and O–H groups in total. The largest absolute Gasteiger partial charge is 0.451 e. The number of halogens is 1. The molecule has 5 aromatic heterocycles. The van der Waals surface area contributed by atoms with Gasteiger partial charge in [-0.15, -0.1) is 11.3 Å². The van der Waals surface area contributed by atoms with Crippen molar-refractivity contribution < 1.29 is 13.6 Å². The Hall–Kier alpha value is -5.18. The monoisotopic (exact) mass is 596 g/mol. The molecule has 6 rings (SSSR count). The third kappa shape index (κ3) is 6.10. The zero-order valence-electron chi connectivity index (χ0n) is 21.9. The second-order valence-electron chi connectivity index (χ2n) is 8.99. The van der Waals surface area contributed by atoms with Crippen LogP contribution in [-0.4, -0.2) is 30.2 Å². The average molecular weight is 597 g/mol. The fourth-order valence-corrected chi connectivity index (χ4v) is 5.18. The SMILES string of the molecule is O=C(c1cocn1)n1nc(-c2cn(CCc3ncco3)c(=O)cc2C#Cc2ccccc2)cc1NCc1ccc(Cl)s1. The molecule has 12 heteroatoms. The number of nitrogens with one attached hydrogen (secondary N) is 1. The van der Waals surface area contributed by atoms with Gasteiger partial charge in [0.05, 0.1) is 22.8 Å². The molecule has 0 radical (unpaired) electrons. The lowest BCUT2D eigenvalue weighted by Gasteiger charge is -2.08. The van der Waals surface area contributed by atoms with E-state index in [1.54, 1.807) is 23.0 Å². The molecule has 42 heavy (non-hydrogen) atoms. The number of hydrogen-bond donors (Lipinski definition) is 1. The molecule has 0 amide bonds. The van der Waals surface area contributed by atoms with Crippen molar-refractivity contribution in [3.63, 3.8) is 0 Å². The number of pyridine rings is 1. The molecule has 0 unspecified atom stereocenters. The van der Waals surface area contributed by atoms with Crippen molar-refractivity contribution in [1.29, 1.82) is 0 Å². The number of thiophene rings is 1. The zero-order chi connectivity index (χ0) is 28.9. The first-order valence-corrected chi connectivity index (χ1v) is 13.9. The highest BCUT2D eigenvalue weighted by Gasteiger charge is 2.21. The number of anilines is 1. The number of carbonyl (C=O) groups excluding carboxylic acids is 1. The van der Waals surface area contributed by atoms with Crippen LogP contribution in [-0.2, 0) is 19.5 Å². The molecule has 10 nitrogen and oxygen atoms in total. The van der Waals surface area contributed by atoms with Crippen LogP contribution in [0.5, 0.6) is 0 Å². The Morgan fingerprint density at radius 3 is 2.71 bits per heavy atom. The quantitative estimate of drug-likeness (QED) is 0.234. The van der Waals surface area contributed by atoms with E-state index in [-0.39, 0.29) is 11.3 Å². The van der Waals surface area contributed by atoms with Gasteiger partial charge in [0.1, 0.15) is 18.3 Å². The Morgan fingerprint density at radius 1 is 1.10 bits per heavy atom. The predicted molar refractivity (Wildman–Crippen MR) is 157 cm³/mol. The maximum Gasteiger partial charge on any atom is 0.301 e. The summed E-state index contributed by atoms with van der Waals surface area (Å²) in [6.45, 7) is 0.729. The minimum absolute atomic E-state index is 0.0897. The smallest absolute Gasteiger partial charge is 0.301 e. The van der Waals surface area contributed by atoms with Crippen molar-refractivity contribution in [3.05, 3.63) is 128 Å². The van der Waals surface area contributed by atoms with Crippen molar-refractivity contribution in [2.24, 2.45) is 0 Å². The second-order valence-corrected chi connectivity index (χ2v) is 10.8. The summed E-state index contributed by atoms with van der Waals surface area (Å²) < 4.78 is 13.8. The lowest BCUT2D eigenvalue weighted by molar-refractivity contribution is 0.0943. The molecule has 0 saturated heterocycles. The molecule has 0 bridgehead atoms. The van der Waals surface area contributed by atoms with Crippen LogP contribution in [0, 0.1) is 11.8 Å². The molecule has 0 atom stereocenters. The summed E-state index contributed by atoms with van der Waals surface area (Å²) in [6, 6.07) is 16.4. The first kappa shape index (κ1) is 27.0. The molecule has 0 fully saturated rings. The molecule has 208 valence electrons. The van der Waals surface area contributed by atoms with Crippen LogP contribution in [0.2, 0.25) is 4.34 Å². The number of nitrogens with zero attached hydrogens (tertiary/aromatic N) is 5. The fraction of sp³-hybridized carbons (Fsp3) is 0.100. The van der Waals surface area contributed by atoms with E-state index in [1.807, 2.05) is 42.5 Å². The van der Waals surface area contributed by atoms with E-state index < -0.39 is 5.91 Å². The van der Waals surface area contributed by atoms with Crippen molar-refractivity contribution in [2.75, 3.05) is 5.32 Å². The average Bonchev–Trinajstić information content (AvgIpc) is 3.83. The van der Waals surface area contributed by atoms with Gasteiger partial charge >= 0.3 is 5.91 Å². The number of aryl methyl sites for hydroxylation is 2. The number of aromatic nitrogens is 5. The number of carbonyl (C=O) groups is 1. The highest BCUT2D eigenvalue weighted by Crippen LogP contribution is 2.27. The van der Waals surface area contributed by atoms with E-state index in [0.29, 0.717) is 52.4 Å². The van der Waals surface area contributed by atoms with Gasteiger partial charge in [-0.3, -0.25) is 9.59 Å². The summed E-state index contributed by atoms with van der Waals surface area (Å²) in [4.78, 5) is 35.6. The normalized spacial score (nSPS) is 10.8. The first-order chi connectivity index (χ1) is 20.5. The van der Waals surface area contributed by atoms with Crippen molar-refractivity contribution >= 4 is 34.7 Å². The van der Waals surface area contributed by atoms with Gasteiger partial charge < -0.3 is 18.7 Å². The van der Waals surface area contributed by atoms with Crippen molar-refractivity contribution in [2.45, 2.75) is 19.5 Å². The van der Waals surface area contributed by atoms with Gasteiger partial charge in [-0.25, -0.2) is 9.97 Å². The molecule has 5 heterocycles.